The molecular weight excluding hydrogens is 484 g/mol. The van der Waals surface area contributed by atoms with Gasteiger partial charge in [-0.05, 0) is 66.8 Å². The predicted octanol–water partition coefficient (Wildman–Crippen LogP) is 7.43. The maximum Gasteiger partial charge on any atom is 0.229 e. The maximum atomic E-state index is 5.98. The highest BCUT2D eigenvalue weighted by atomic mass is 16.5. The monoisotopic (exact) mass is 516 g/mol. The molecule has 2 aromatic heterocycles. The van der Waals surface area contributed by atoms with E-state index in [-0.39, 0.29) is 0 Å². The Kier molecular flexibility index (Phi) is 6.32. The third kappa shape index (κ3) is 4.92. The van der Waals surface area contributed by atoms with E-state index in [1.165, 1.54) is 43.2 Å². The number of anilines is 3. The van der Waals surface area contributed by atoms with Crippen molar-refractivity contribution in [3.8, 4) is 11.5 Å². The van der Waals surface area contributed by atoms with Crippen LogP contribution in [-0.4, -0.2) is 26.1 Å². The van der Waals surface area contributed by atoms with Gasteiger partial charge >= 0.3 is 0 Å². The van der Waals surface area contributed by atoms with Gasteiger partial charge in [-0.1, -0.05) is 61.7 Å². The van der Waals surface area contributed by atoms with Crippen molar-refractivity contribution < 1.29 is 4.74 Å². The Morgan fingerprint density at radius 3 is 2.33 bits per heavy atom. The van der Waals surface area contributed by atoms with E-state index in [4.69, 9.17) is 19.7 Å². The van der Waals surface area contributed by atoms with Crippen LogP contribution < -0.4 is 15.0 Å². The molecule has 1 saturated carbocycles. The maximum absolute atomic E-state index is 5.98. The first-order valence-electron chi connectivity index (χ1n) is 14.0. The highest BCUT2D eigenvalue weighted by Gasteiger charge is 2.24. The third-order valence-corrected chi connectivity index (χ3v) is 7.89. The van der Waals surface area contributed by atoms with Gasteiger partial charge < -0.3 is 19.5 Å². The third-order valence-electron chi connectivity index (χ3n) is 7.89. The Labute approximate surface area is 228 Å². The number of fused-ring (bicyclic) bond motifs is 2. The molecule has 7 nitrogen and oxygen atoms in total. The molecule has 39 heavy (non-hydrogen) atoms. The van der Waals surface area contributed by atoms with Crippen molar-refractivity contribution in [3.63, 3.8) is 0 Å². The lowest BCUT2D eigenvalue weighted by molar-refractivity contribution is 0.358. The van der Waals surface area contributed by atoms with Crippen LogP contribution in [-0.2, 0) is 13.0 Å². The van der Waals surface area contributed by atoms with Gasteiger partial charge in [-0.3, -0.25) is 0 Å². The quantitative estimate of drug-likeness (QED) is 0.253. The molecule has 1 fully saturated rings. The highest BCUT2D eigenvalue weighted by Crippen LogP contribution is 2.34. The van der Waals surface area contributed by atoms with Crippen LogP contribution in [0.2, 0.25) is 0 Å². The average Bonchev–Trinajstić information content (AvgIpc) is 3.43. The molecular formula is C32H32N6O. The van der Waals surface area contributed by atoms with Gasteiger partial charge in [0, 0.05) is 24.8 Å². The van der Waals surface area contributed by atoms with Crippen LogP contribution >= 0.6 is 0 Å². The van der Waals surface area contributed by atoms with Crippen molar-refractivity contribution in [2.45, 2.75) is 51.1 Å². The fourth-order valence-corrected chi connectivity index (χ4v) is 5.79. The van der Waals surface area contributed by atoms with Gasteiger partial charge in [-0.15, -0.1) is 0 Å². The summed E-state index contributed by atoms with van der Waals surface area (Å²) in [7, 11) is 0. The highest BCUT2D eigenvalue weighted by molar-refractivity contribution is 5.86. The molecule has 1 aliphatic heterocycles. The summed E-state index contributed by atoms with van der Waals surface area (Å²) in [5, 5.41) is 3.54. The minimum Gasteiger partial charge on any atom is -0.457 e. The van der Waals surface area contributed by atoms with E-state index in [0.717, 1.165) is 59.6 Å². The molecule has 7 rings (SSSR count). The van der Waals surface area contributed by atoms with Crippen LogP contribution in [0, 0.1) is 0 Å². The zero-order chi connectivity index (χ0) is 26.0. The summed E-state index contributed by atoms with van der Waals surface area (Å²) in [4.78, 5) is 17.3. The molecule has 0 unspecified atom stereocenters. The molecule has 0 amide bonds. The molecule has 1 aliphatic carbocycles. The molecule has 0 spiro atoms. The molecule has 3 aromatic carbocycles. The van der Waals surface area contributed by atoms with Crippen LogP contribution in [0.1, 0.15) is 49.3 Å². The summed E-state index contributed by atoms with van der Waals surface area (Å²) in [6.07, 6.45) is 9.13. The Morgan fingerprint density at radius 1 is 0.769 bits per heavy atom. The van der Waals surface area contributed by atoms with Gasteiger partial charge in [0.05, 0.1) is 6.33 Å². The zero-order valence-electron chi connectivity index (χ0n) is 22.0. The first-order valence-corrected chi connectivity index (χ1v) is 14.0. The Bertz CT molecular complexity index is 1570. The number of imidazole rings is 1. The largest absolute Gasteiger partial charge is 0.457 e. The Morgan fingerprint density at radius 2 is 1.51 bits per heavy atom. The predicted molar refractivity (Wildman–Crippen MR) is 155 cm³/mol. The van der Waals surface area contributed by atoms with E-state index in [2.05, 4.69) is 39.0 Å². The molecule has 0 bridgehead atoms. The number of hydrogen-bond acceptors (Lipinski definition) is 6. The van der Waals surface area contributed by atoms with E-state index in [9.17, 15) is 0 Å². The fourth-order valence-electron chi connectivity index (χ4n) is 5.79. The number of hydrogen-bond donors (Lipinski definition) is 1. The number of rotatable bonds is 6. The summed E-state index contributed by atoms with van der Waals surface area (Å²) in [5.41, 5.74) is 5.41. The summed E-state index contributed by atoms with van der Waals surface area (Å²) in [5.74, 6) is 3.09. The Balaban J connectivity index is 1.22. The van der Waals surface area contributed by atoms with Gasteiger partial charge in [-0.25, -0.2) is 4.98 Å². The molecule has 2 aliphatic rings. The van der Waals surface area contributed by atoms with Crippen LogP contribution in [0.25, 0.3) is 11.2 Å². The van der Waals surface area contributed by atoms with Crippen molar-refractivity contribution in [3.05, 3.63) is 96.3 Å². The number of ether oxygens (including phenoxy) is 1. The lowest BCUT2D eigenvalue weighted by Crippen LogP contribution is -2.32. The van der Waals surface area contributed by atoms with Crippen LogP contribution in [0.3, 0.4) is 0 Å². The Hall–Kier alpha value is -4.39. The van der Waals surface area contributed by atoms with Crippen molar-refractivity contribution in [1.82, 2.24) is 19.5 Å². The molecule has 5 aromatic rings. The second kappa shape index (κ2) is 10.4. The number of nitrogens with zero attached hydrogens (tertiary/aromatic N) is 5. The topological polar surface area (TPSA) is 68.1 Å². The fraction of sp³-hybridized carbons (Fsp3) is 0.281. The molecule has 1 N–H and O–H groups in total. The average molecular weight is 517 g/mol. The van der Waals surface area contributed by atoms with Crippen molar-refractivity contribution in [2.24, 2.45) is 0 Å². The van der Waals surface area contributed by atoms with Gasteiger partial charge in [0.2, 0.25) is 5.95 Å². The lowest BCUT2D eigenvalue weighted by atomic mass is 9.95. The second-order valence-electron chi connectivity index (χ2n) is 10.5. The molecule has 3 heterocycles. The first kappa shape index (κ1) is 23.7. The summed E-state index contributed by atoms with van der Waals surface area (Å²) in [6, 6.07) is 26.9. The number of benzene rings is 3. The van der Waals surface area contributed by atoms with E-state index >= 15 is 0 Å². The van der Waals surface area contributed by atoms with Gasteiger partial charge in [-0.2, -0.15) is 9.97 Å². The van der Waals surface area contributed by atoms with E-state index in [1.54, 1.807) is 0 Å². The number of para-hydroxylation sites is 1. The molecule has 196 valence electrons. The van der Waals surface area contributed by atoms with E-state index in [1.807, 2.05) is 60.9 Å². The van der Waals surface area contributed by atoms with Gasteiger partial charge in [0.25, 0.3) is 0 Å². The zero-order valence-corrected chi connectivity index (χ0v) is 22.0. The minimum atomic E-state index is 0.441. The van der Waals surface area contributed by atoms with Crippen molar-refractivity contribution in [1.29, 1.82) is 0 Å². The standard InChI is InChI=1S/C32H32N6O/c1-3-11-26(12-4-1)38-22-33-29-30(34-25-15-17-28(18-16-25)39-27-13-5-2-6-14-27)35-32(36-31(29)38)37-20-19-23-9-7-8-10-24(23)21-37/h2,5-10,13-18,22,26H,1,3-4,11-12,19-21H2,(H,34,35,36). The molecule has 0 radical (unpaired) electrons. The van der Waals surface area contributed by atoms with Gasteiger partial charge in [0.15, 0.2) is 17.0 Å². The van der Waals surface area contributed by atoms with Crippen molar-refractivity contribution >= 4 is 28.6 Å². The van der Waals surface area contributed by atoms with Gasteiger partial charge in [0.1, 0.15) is 11.5 Å². The van der Waals surface area contributed by atoms with E-state index < -0.39 is 0 Å². The summed E-state index contributed by atoms with van der Waals surface area (Å²) < 4.78 is 8.27. The van der Waals surface area contributed by atoms with Crippen LogP contribution in [0.5, 0.6) is 11.5 Å². The van der Waals surface area contributed by atoms with Crippen molar-refractivity contribution in [2.75, 3.05) is 16.8 Å². The molecule has 0 saturated heterocycles. The second-order valence-corrected chi connectivity index (χ2v) is 10.5. The summed E-state index contributed by atoms with van der Waals surface area (Å²) >= 11 is 0. The van der Waals surface area contributed by atoms with Crippen LogP contribution in [0.4, 0.5) is 17.5 Å². The van der Waals surface area contributed by atoms with Crippen LogP contribution in [0.15, 0.2) is 85.2 Å². The smallest absolute Gasteiger partial charge is 0.229 e. The first-order chi connectivity index (χ1) is 19.3. The van der Waals surface area contributed by atoms with E-state index in [0.29, 0.717) is 6.04 Å². The summed E-state index contributed by atoms with van der Waals surface area (Å²) in [6.45, 7) is 1.70. The SMILES string of the molecule is c1ccc(Oc2ccc(Nc3nc(N4CCc5ccccc5C4)nc4c3ncn4C3CCCCC3)cc2)cc1. The lowest BCUT2D eigenvalue weighted by Gasteiger charge is -2.29. The minimum absolute atomic E-state index is 0.441. The molecule has 7 heteroatoms. The normalized spacial score (nSPS) is 15.7. The number of nitrogens with one attached hydrogen (secondary N) is 1. The number of aromatic nitrogens is 4. The molecule has 0 atom stereocenters.